The Labute approximate surface area is 106 Å². The molecule has 0 spiro atoms. The van der Waals surface area contributed by atoms with Crippen LogP contribution in [0.15, 0.2) is 18.2 Å². The summed E-state index contributed by atoms with van der Waals surface area (Å²) in [7, 11) is 3.25. The van der Waals surface area contributed by atoms with Gasteiger partial charge in [-0.1, -0.05) is 11.6 Å². The summed E-state index contributed by atoms with van der Waals surface area (Å²) in [6.45, 7) is 0.268. The van der Waals surface area contributed by atoms with Crippen molar-refractivity contribution in [3.05, 3.63) is 23.2 Å². The van der Waals surface area contributed by atoms with E-state index in [-0.39, 0.29) is 24.9 Å². The maximum Gasteiger partial charge on any atom is 0.238 e. The lowest BCUT2D eigenvalue weighted by molar-refractivity contribution is -0.115. The summed E-state index contributed by atoms with van der Waals surface area (Å²) in [4.78, 5) is 11.2. The number of benzene rings is 1. The van der Waals surface area contributed by atoms with Crippen molar-refractivity contribution in [3.63, 3.8) is 0 Å². The molecular formula is C10H14Cl2N2O2. The Morgan fingerprint density at radius 2 is 2.19 bits per heavy atom. The van der Waals surface area contributed by atoms with Gasteiger partial charge in [0, 0.05) is 5.69 Å². The van der Waals surface area contributed by atoms with Crippen molar-refractivity contribution in [2.75, 3.05) is 26.0 Å². The van der Waals surface area contributed by atoms with Crippen molar-refractivity contribution in [3.8, 4) is 5.75 Å². The molecule has 4 nitrogen and oxygen atoms in total. The number of carbonyl (C=O) groups excluding carboxylic acids is 1. The molecule has 0 saturated carbocycles. The van der Waals surface area contributed by atoms with Crippen LogP contribution in [-0.2, 0) is 4.79 Å². The van der Waals surface area contributed by atoms with Gasteiger partial charge < -0.3 is 15.4 Å². The SMILES string of the molecule is CNCC(=O)Nc1ccc(OC)c(Cl)c1.Cl. The third kappa shape index (κ3) is 4.26. The summed E-state index contributed by atoms with van der Waals surface area (Å²) >= 11 is 5.90. The molecule has 90 valence electrons. The van der Waals surface area contributed by atoms with Crippen LogP contribution in [0.3, 0.4) is 0 Å². The molecule has 0 aliphatic rings. The maximum atomic E-state index is 11.2. The minimum absolute atomic E-state index is 0. The van der Waals surface area contributed by atoms with Gasteiger partial charge in [-0.25, -0.2) is 0 Å². The summed E-state index contributed by atoms with van der Waals surface area (Å²) < 4.78 is 5.00. The number of methoxy groups -OCH3 is 1. The van der Waals surface area contributed by atoms with Crippen molar-refractivity contribution >= 4 is 35.6 Å². The summed E-state index contributed by atoms with van der Waals surface area (Å²) in [6.07, 6.45) is 0. The normalized spacial score (nSPS) is 9.19. The van der Waals surface area contributed by atoms with E-state index in [0.717, 1.165) is 0 Å². The van der Waals surface area contributed by atoms with Crippen molar-refractivity contribution in [2.45, 2.75) is 0 Å². The summed E-state index contributed by atoms with van der Waals surface area (Å²) in [5.41, 5.74) is 0.654. The number of anilines is 1. The first-order chi connectivity index (χ1) is 7.17. The van der Waals surface area contributed by atoms with E-state index in [1.54, 1.807) is 32.4 Å². The predicted molar refractivity (Wildman–Crippen MR) is 67.8 cm³/mol. The van der Waals surface area contributed by atoms with Crippen LogP contribution in [0, 0.1) is 0 Å². The fourth-order valence-corrected chi connectivity index (χ4v) is 1.37. The highest BCUT2D eigenvalue weighted by molar-refractivity contribution is 6.32. The summed E-state index contributed by atoms with van der Waals surface area (Å²) in [5, 5.41) is 5.92. The number of rotatable bonds is 4. The third-order valence-corrected chi connectivity index (χ3v) is 2.07. The van der Waals surface area contributed by atoms with Crippen LogP contribution in [0.25, 0.3) is 0 Å². The smallest absolute Gasteiger partial charge is 0.238 e. The number of halogens is 2. The van der Waals surface area contributed by atoms with Gasteiger partial charge in [0.05, 0.1) is 18.7 Å². The van der Waals surface area contributed by atoms with Crippen LogP contribution in [0.2, 0.25) is 5.02 Å². The number of likely N-dealkylation sites (N-methyl/N-ethyl adjacent to an activating group) is 1. The molecule has 1 amide bonds. The number of hydrogen-bond donors (Lipinski definition) is 2. The molecule has 16 heavy (non-hydrogen) atoms. The fourth-order valence-electron chi connectivity index (χ4n) is 1.11. The maximum absolute atomic E-state index is 11.2. The predicted octanol–water partition coefficient (Wildman–Crippen LogP) is 1.93. The number of carbonyl (C=O) groups is 1. The monoisotopic (exact) mass is 264 g/mol. The van der Waals surface area contributed by atoms with Crippen LogP contribution in [0.5, 0.6) is 5.75 Å². The van der Waals surface area contributed by atoms with Crippen molar-refractivity contribution in [2.24, 2.45) is 0 Å². The first-order valence-electron chi connectivity index (χ1n) is 4.45. The highest BCUT2D eigenvalue weighted by Crippen LogP contribution is 2.26. The number of nitrogens with one attached hydrogen (secondary N) is 2. The van der Waals surface area contributed by atoms with Crippen molar-refractivity contribution in [1.29, 1.82) is 0 Å². The topological polar surface area (TPSA) is 50.4 Å². The largest absolute Gasteiger partial charge is 0.495 e. The average Bonchev–Trinajstić information content (AvgIpc) is 2.18. The van der Waals surface area contributed by atoms with Gasteiger partial charge in [-0.2, -0.15) is 0 Å². The van der Waals surface area contributed by atoms with E-state index in [1.165, 1.54) is 0 Å². The van der Waals surface area contributed by atoms with E-state index < -0.39 is 0 Å². The molecule has 2 N–H and O–H groups in total. The minimum Gasteiger partial charge on any atom is -0.495 e. The Morgan fingerprint density at radius 1 is 1.50 bits per heavy atom. The summed E-state index contributed by atoms with van der Waals surface area (Å²) in [5.74, 6) is 0.474. The third-order valence-electron chi connectivity index (χ3n) is 1.77. The second-order valence-electron chi connectivity index (χ2n) is 2.93. The Bertz CT molecular complexity index is 359. The van der Waals surface area contributed by atoms with Gasteiger partial charge in [-0.15, -0.1) is 12.4 Å². The standard InChI is InChI=1S/C10H13ClN2O2.ClH/c1-12-6-10(14)13-7-3-4-9(15-2)8(11)5-7;/h3-5,12H,6H2,1-2H3,(H,13,14);1H. The second kappa shape index (κ2) is 7.33. The zero-order valence-electron chi connectivity index (χ0n) is 9.04. The number of amides is 1. The molecule has 0 saturated heterocycles. The molecule has 0 atom stereocenters. The molecule has 0 aromatic heterocycles. The highest BCUT2D eigenvalue weighted by atomic mass is 35.5. The van der Waals surface area contributed by atoms with Gasteiger partial charge in [0.2, 0.25) is 5.91 Å². The van der Waals surface area contributed by atoms with Crippen LogP contribution in [-0.4, -0.2) is 26.6 Å². The van der Waals surface area contributed by atoms with Crippen molar-refractivity contribution in [1.82, 2.24) is 5.32 Å². The van der Waals surface area contributed by atoms with Gasteiger partial charge in [0.1, 0.15) is 5.75 Å². The van der Waals surface area contributed by atoms with Gasteiger partial charge >= 0.3 is 0 Å². The van der Waals surface area contributed by atoms with E-state index >= 15 is 0 Å². The van der Waals surface area contributed by atoms with E-state index in [0.29, 0.717) is 16.5 Å². The van der Waals surface area contributed by atoms with Crippen LogP contribution in [0.1, 0.15) is 0 Å². The Kier molecular flexibility index (Phi) is 6.88. The molecular weight excluding hydrogens is 251 g/mol. The second-order valence-corrected chi connectivity index (χ2v) is 3.34. The van der Waals surface area contributed by atoms with E-state index in [4.69, 9.17) is 16.3 Å². The van der Waals surface area contributed by atoms with Gasteiger partial charge in [0.15, 0.2) is 0 Å². The highest BCUT2D eigenvalue weighted by Gasteiger charge is 2.04. The molecule has 1 aromatic carbocycles. The van der Waals surface area contributed by atoms with Gasteiger partial charge in [-0.05, 0) is 25.2 Å². The molecule has 0 aliphatic carbocycles. The van der Waals surface area contributed by atoms with E-state index in [2.05, 4.69) is 10.6 Å². The van der Waals surface area contributed by atoms with E-state index in [9.17, 15) is 4.79 Å². The van der Waals surface area contributed by atoms with Crippen LogP contribution < -0.4 is 15.4 Å². The Balaban J connectivity index is 0.00000225. The van der Waals surface area contributed by atoms with Crippen LogP contribution in [0.4, 0.5) is 5.69 Å². The van der Waals surface area contributed by atoms with Crippen LogP contribution >= 0.6 is 24.0 Å². The molecule has 0 fully saturated rings. The van der Waals surface area contributed by atoms with Gasteiger partial charge in [-0.3, -0.25) is 4.79 Å². The Morgan fingerprint density at radius 3 is 2.69 bits per heavy atom. The molecule has 6 heteroatoms. The zero-order chi connectivity index (χ0) is 11.3. The zero-order valence-corrected chi connectivity index (χ0v) is 10.6. The fraction of sp³-hybridized carbons (Fsp3) is 0.300. The van der Waals surface area contributed by atoms with Crippen molar-refractivity contribution < 1.29 is 9.53 Å². The number of ether oxygens (including phenoxy) is 1. The molecule has 0 unspecified atom stereocenters. The first-order valence-corrected chi connectivity index (χ1v) is 4.83. The molecule has 0 heterocycles. The summed E-state index contributed by atoms with van der Waals surface area (Å²) in [6, 6.07) is 5.09. The lowest BCUT2D eigenvalue weighted by Gasteiger charge is -2.07. The lowest BCUT2D eigenvalue weighted by Crippen LogP contribution is -2.24. The quantitative estimate of drug-likeness (QED) is 0.874. The lowest BCUT2D eigenvalue weighted by atomic mass is 10.3. The molecule has 1 aromatic rings. The molecule has 0 aliphatic heterocycles. The van der Waals surface area contributed by atoms with E-state index in [1.807, 2.05) is 0 Å². The number of hydrogen-bond acceptors (Lipinski definition) is 3. The first kappa shape index (κ1) is 15.0. The molecule has 0 radical (unpaired) electrons. The minimum atomic E-state index is -0.112. The Hall–Kier alpha value is -0.970. The van der Waals surface area contributed by atoms with Gasteiger partial charge in [0.25, 0.3) is 0 Å². The molecule has 1 rings (SSSR count). The average molecular weight is 265 g/mol. The molecule has 0 bridgehead atoms.